The molecule has 1 aliphatic rings. The van der Waals surface area contributed by atoms with Crippen LogP contribution >= 0.6 is 38.5 Å². The van der Waals surface area contributed by atoms with Crippen molar-refractivity contribution in [1.29, 1.82) is 0 Å². The van der Waals surface area contributed by atoms with Crippen LogP contribution in [0.5, 0.6) is 11.5 Å². The summed E-state index contributed by atoms with van der Waals surface area (Å²) in [6, 6.07) is 29.6. The Morgan fingerprint density at radius 2 is 1.58 bits per heavy atom. The standard InChI is InChI=1S/C31H23BrINO4/c1-2-36-28-18-20(16-26(33)29(28)37-19-24-10-6-7-11-25(24)32)17-27-31(35)38-30(34-27)23-14-12-22(13-15-23)21-8-4-3-5-9-21/h3-18H,2,19H2,1H3/b27-17-. The van der Waals surface area contributed by atoms with E-state index < -0.39 is 5.97 Å². The summed E-state index contributed by atoms with van der Waals surface area (Å²) in [6.45, 7) is 2.79. The van der Waals surface area contributed by atoms with Crippen LogP contribution in [0.25, 0.3) is 17.2 Å². The van der Waals surface area contributed by atoms with Crippen molar-refractivity contribution in [2.75, 3.05) is 6.61 Å². The molecule has 0 radical (unpaired) electrons. The fourth-order valence-electron chi connectivity index (χ4n) is 3.97. The number of halogens is 2. The maximum Gasteiger partial charge on any atom is 0.363 e. The zero-order chi connectivity index (χ0) is 26.5. The smallest absolute Gasteiger partial charge is 0.363 e. The van der Waals surface area contributed by atoms with E-state index in [1.54, 1.807) is 6.08 Å². The van der Waals surface area contributed by atoms with Crippen LogP contribution in [0.4, 0.5) is 0 Å². The summed E-state index contributed by atoms with van der Waals surface area (Å²) < 4.78 is 19.4. The van der Waals surface area contributed by atoms with Crippen molar-refractivity contribution in [2.45, 2.75) is 13.5 Å². The molecule has 190 valence electrons. The fraction of sp³-hybridized carbons (Fsp3) is 0.0968. The minimum Gasteiger partial charge on any atom is -0.490 e. The van der Waals surface area contributed by atoms with Gasteiger partial charge in [0.05, 0.1) is 10.2 Å². The number of hydrogen-bond donors (Lipinski definition) is 0. The molecule has 4 aromatic rings. The van der Waals surface area contributed by atoms with Gasteiger partial charge in [-0.3, -0.25) is 0 Å². The van der Waals surface area contributed by atoms with Crippen molar-refractivity contribution in [2.24, 2.45) is 4.99 Å². The first-order chi connectivity index (χ1) is 18.5. The Morgan fingerprint density at radius 1 is 0.895 bits per heavy atom. The average Bonchev–Trinajstić information content (AvgIpc) is 3.29. The summed E-state index contributed by atoms with van der Waals surface area (Å²) >= 11 is 5.78. The summed E-state index contributed by atoms with van der Waals surface area (Å²) in [5.41, 5.74) is 4.96. The Bertz CT molecular complexity index is 1530. The second kappa shape index (κ2) is 12.0. The maximum absolute atomic E-state index is 12.6. The zero-order valence-electron chi connectivity index (χ0n) is 20.5. The number of rotatable bonds is 8. The van der Waals surface area contributed by atoms with Crippen LogP contribution in [-0.4, -0.2) is 18.5 Å². The van der Waals surface area contributed by atoms with E-state index in [-0.39, 0.29) is 11.6 Å². The van der Waals surface area contributed by atoms with Crippen LogP contribution in [0.2, 0.25) is 0 Å². The second-order valence-electron chi connectivity index (χ2n) is 8.42. The molecule has 0 atom stereocenters. The highest BCUT2D eigenvalue weighted by atomic mass is 127. The molecule has 0 spiro atoms. The van der Waals surface area contributed by atoms with Crippen molar-refractivity contribution in [3.05, 3.63) is 121 Å². The molecule has 4 aromatic carbocycles. The van der Waals surface area contributed by atoms with Crippen molar-refractivity contribution in [3.63, 3.8) is 0 Å². The Labute approximate surface area is 243 Å². The number of aliphatic imine (C=N–C) groups is 1. The van der Waals surface area contributed by atoms with E-state index in [0.29, 0.717) is 24.7 Å². The van der Waals surface area contributed by atoms with Gasteiger partial charge in [-0.1, -0.05) is 76.6 Å². The molecule has 0 aromatic heterocycles. The molecule has 0 saturated carbocycles. The number of esters is 1. The van der Waals surface area contributed by atoms with Crippen molar-refractivity contribution in [3.8, 4) is 22.6 Å². The molecule has 1 aliphatic heterocycles. The molecule has 0 bridgehead atoms. The monoisotopic (exact) mass is 679 g/mol. The highest BCUT2D eigenvalue weighted by molar-refractivity contribution is 14.1. The second-order valence-corrected chi connectivity index (χ2v) is 10.4. The number of hydrogen-bond acceptors (Lipinski definition) is 5. The number of ether oxygens (including phenoxy) is 3. The van der Waals surface area contributed by atoms with Gasteiger partial charge >= 0.3 is 5.97 Å². The lowest BCUT2D eigenvalue weighted by Gasteiger charge is -2.15. The molecular formula is C31H23BrINO4. The largest absolute Gasteiger partial charge is 0.490 e. The van der Waals surface area contributed by atoms with Gasteiger partial charge < -0.3 is 14.2 Å². The summed E-state index contributed by atoms with van der Waals surface area (Å²) in [4.78, 5) is 17.1. The first-order valence-corrected chi connectivity index (χ1v) is 13.9. The van der Waals surface area contributed by atoms with Gasteiger partial charge in [-0.05, 0) is 82.6 Å². The quantitative estimate of drug-likeness (QED) is 0.107. The minimum absolute atomic E-state index is 0.229. The Balaban J connectivity index is 1.38. The Kier molecular flexibility index (Phi) is 8.24. The van der Waals surface area contributed by atoms with E-state index in [9.17, 15) is 4.79 Å². The molecule has 7 heteroatoms. The van der Waals surface area contributed by atoms with E-state index in [1.807, 2.05) is 85.8 Å². The van der Waals surface area contributed by atoms with Crippen LogP contribution in [0, 0.1) is 3.57 Å². The maximum atomic E-state index is 12.6. The molecule has 0 unspecified atom stereocenters. The van der Waals surface area contributed by atoms with E-state index in [2.05, 4.69) is 55.6 Å². The third-order valence-corrected chi connectivity index (χ3v) is 7.40. The summed E-state index contributed by atoms with van der Waals surface area (Å²) in [6.07, 6.45) is 1.70. The molecule has 0 aliphatic carbocycles. The third kappa shape index (κ3) is 6.00. The highest BCUT2D eigenvalue weighted by Crippen LogP contribution is 2.36. The highest BCUT2D eigenvalue weighted by Gasteiger charge is 2.24. The number of nitrogens with zero attached hydrogens (tertiary/aromatic N) is 1. The van der Waals surface area contributed by atoms with Gasteiger partial charge in [0.25, 0.3) is 0 Å². The SMILES string of the molecule is CCOc1cc(/C=C2\N=C(c3ccc(-c4ccccc4)cc3)OC2=O)cc(I)c1OCc1ccccc1Br. The van der Waals surface area contributed by atoms with Crippen molar-refractivity contribution in [1.82, 2.24) is 0 Å². The lowest BCUT2D eigenvalue weighted by atomic mass is 10.0. The first kappa shape index (κ1) is 26.2. The van der Waals surface area contributed by atoms with Crippen LogP contribution in [0.1, 0.15) is 23.6 Å². The number of carbonyl (C=O) groups excluding carboxylic acids is 1. The summed E-state index contributed by atoms with van der Waals surface area (Å²) in [7, 11) is 0. The number of benzene rings is 4. The molecule has 0 amide bonds. The summed E-state index contributed by atoms with van der Waals surface area (Å²) in [5, 5.41) is 0. The molecule has 0 N–H and O–H groups in total. The molecule has 0 saturated heterocycles. The lowest BCUT2D eigenvalue weighted by molar-refractivity contribution is -0.129. The van der Waals surface area contributed by atoms with Crippen molar-refractivity contribution < 1.29 is 19.0 Å². The molecular weight excluding hydrogens is 657 g/mol. The molecule has 1 heterocycles. The van der Waals surface area contributed by atoms with E-state index >= 15 is 0 Å². The average molecular weight is 680 g/mol. The lowest BCUT2D eigenvalue weighted by Crippen LogP contribution is -2.05. The number of carbonyl (C=O) groups is 1. The van der Waals surface area contributed by atoms with Gasteiger partial charge in [0.1, 0.15) is 6.61 Å². The van der Waals surface area contributed by atoms with Crippen LogP contribution in [0.3, 0.4) is 0 Å². The normalized spacial score (nSPS) is 13.8. The first-order valence-electron chi connectivity index (χ1n) is 12.0. The molecule has 38 heavy (non-hydrogen) atoms. The molecule has 5 rings (SSSR count). The van der Waals surface area contributed by atoms with Crippen LogP contribution < -0.4 is 9.47 Å². The Hall–Kier alpha value is -3.43. The van der Waals surface area contributed by atoms with Gasteiger partial charge in [-0.25, -0.2) is 9.79 Å². The Morgan fingerprint density at radius 3 is 2.32 bits per heavy atom. The fourth-order valence-corrected chi connectivity index (χ4v) is 5.15. The van der Waals surface area contributed by atoms with Gasteiger partial charge in [0.2, 0.25) is 5.90 Å². The van der Waals surface area contributed by atoms with Gasteiger partial charge in [0, 0.05) is 15.6 Å². The minimum atomic E-state index is -0.491. The number of cyclic esters (lactones) is 1. The van der Waals surface area contributed by atoms with E-state index in [4.69, 9.17) is 14.2 Å². The van der Waals surface area contributed by atoms with Crippen LogP contribution in [-0.2, 0) is 16.1 Å². The third-order valence-electron chi connectivity index (χ3n) is 5.82. The van der Waals surface area contributed by atoms with Crippen molar-refractivity contribution >= 4 is 56.5 Å². The predicted molar refractivity (Wildman–Crippen MR) is 161 cm³/mol. The van der Waals surface area contributed by atoms with E-state index in [0.717, 1.165) is 35.9 Å². The zero-order valence-corrected chi connectivity index (χ0v) is 24.2. The molecule has 0 fully saturated rings. The van der Waals surface area contributed by atoms with Crippen LogP contribution in [0.15, 0.2) is 106 Å². The summed E-state index contributed by atoms with van der Waals surface area (Å²) in [5.74, 6) is 1.05. The van der Waals surface area contributed by atoms with Gasteiger partial charge in [-0.15, -0.1) is 0 Å². The molecule has 5 nitrogen and oxygen atoms in total. The van der Waals surface area contributed by atoms with E-state index in [1.165, 1.54) is 0 Å². The predicted octanol–water partition coefficient (Wildman–Crippen LogP) is 8.04. The van der Waals surface area contributed by atoms with Gasteiger partial charge in [0.15, 0.2) is 17.2 Å². The van der Waals surface area contributed by atoms with Gasteiger partial charge in [-0.2, -0.15) is 0 Å². The topological polar surface area (TPSA) is 57.1 Å².